The van der Waals surface area contributed by atoms with E-state index in [4.69, 9.17) is 4.74 Å². The van der Waals surface area contributed by atoms with Crippen molar-refractivity contribution in [2.45, 2.75) is 32.6 Å². The minimum atomic E-state index is -0.411. The van der Waals surface area contributed by atoms with Crippen LogP contribution >= 0.6 is 11.5 Å². The number of carbonyl (C=O) groups is 2. The number of nitrogens with zero attached hydrogens (tertiary/aromatic N) is 4. The summed E-state index contributed by atoms with van der Waals surface area (Å²) in [7, 11) is 1.65. The molecule has 0 unspecified atom stereocenters. The number of aryl methyl sites for hydroxylation is 1. The number of ether oxygens (including phenoxy) is 1. The maximum Gasteiger partial charge on any atom is 0.267 e. The highest BCUT2D eigenvalue weighted by Gasteiger charge is 2.49. The van der Waals surface area contributed by atoms with Gasteiger partial charge in [0, 0.05) is 33.3 Å². The first-order valence-electron chi connectivity index (χ1n) is 8.50. The molecule has 132 valence electrons. The van der Waals surface area contributed by atoms with Crippen LogP contribution in [0.5, 0.6) is 0 Å². The van der Waals surface area contributed by atoms with E-state index in [9.17, 15) is 9.59 Å². The smallest absolute Gasteiger partial charge is 0.267 e. The lowest BCUT2D eigenvalue weighted by Gasteiger charge is -2.39. The summed E-state index contributed by atoms with van der Waals surface area (Å²) in [4.78, 5) is 30.1. The van der Waals surface area contributed by atoms with Crippen molar-refractivity contribution in [2.75, 3.05) is 39.9 Å². The number of hydrogen-bond acceptors (Lipinski definition) is 6. The van der Waals surface area contributed by atoms with E-state index in [1.165, 1.54) is 0 Å². The lowest BCUT2D eigenvalue weighted by molar-refractivity contribution is -0.146. The van der Waals surface area contributed by atoms with Gasteiger partial charge in [0.15, 0.2) is 0 Å². The van der Waals surface area contributed by atoms with Gasteiger partial charge in [-0.25, -0.2) is 0 Å². The van der Waals surface area contributed by atoms with Gasteiger partial charge in [0.2, 0.25) is 5.91 Å². The third-order valence-electron chi connectivity index (χ3n) is 5.12. The number of hydrogen-bond donors (Lipinski definition) is 0. The molecular weight excluding hydrogens is 328 g/mol. The Hall–Kier alpha value is -1.54. The van der Waals surface area contributed by atoms with Crippen LogP contribution in [0.15, 0.2) is 0 Å². The fourth-order valence-corrected chi connectivity index (χ4v) is 4.46. The van der Waals surface area contributed by atoms with Gasteiger partial charge in [0.05, 0.1) is 17.7 Å². The van der Waals surface area contributed by atoms with Crippen LogP contribution in [0.4, 0.5) is 0 Å². The number of amides is 2. The normalized spacial score (nSPS) is 24.2. The number of aromatic nitrogens is 2. The fraction of sp³-hybridized carbons (Fsp3) is 0.750. The van der Waals surface area contributed by atoms with Crippen molar-refractivity contribution in [3.8, 4) is 0 Å². The van der Waals surface area contributed by atoms with Crippen molar-refractivity contribution in [2.24, 2.45) is 5.41 Å². The van der Waals surface area contributed by atoms with Crippen LogP contribution in [0.1, 0.15) is 41.6 Å². The number of piperidine rings is 1. The molecule has 24 heavy (non-hydrogen) atoms. The molecule has 1 atom stereocenters. The van der Waals surface area contributed by atoms with Crippen molar-refractivity contribution in [3.05, 3.63) is 10.6 Å². The van der Waals surface area contributed by atoms with Gasteiger partial charge in [-0.15, -0.1) is 5.10 Å². The third-order valence-corrected chi connectivity index (χ3v) is 5.87. The van der Waals surface area contributed by atoms with Crippen LogP contribution in [-0.4, -0.2) is 71.1 Å². The summed E-state index contributed by atoms with van der Waals surface area (Å²) in [5.74, 6) is 0.153. The summed E-state index contributed by atoms with van der Waals surface area (Å²) in [5, 5.41) is 4.02. The number of carbonyl (C=O) groups excluding carboxylic acids is 2. The largest absolute Gasteiger partial charge is 0.383 e. The van der Waals surface area contributed by atoms with E-state index >= 15 is 0 Å². The first kappa shape index (κ1) is 17.3. The molecule has 8 heteroatoms. The van der Waals surface area contributed by atoms with E-state index in [2.05, 4.69) is 9.59 Å². The Kier molecular flexibility index (Phi) is 5.15. The van der Waals surface area contributed by atoms with Gasteiger partial charge in [0.1, 0.15) is 4.88 Å². The third kappa shape index (κ3) is 3.04. The summed E-state index contributed by atoms with van der Waals surface area (Å²) in [6.45, 7) is 5.08. The maximum atomic E-state index is 12.9. The molecule has 2 aliphatic heterocycles. The molecule has 0 radical (unpaired) electrons. The van der Waals surface area contributed by atoms with Crippen molar-refractivity contribution < 1.29 is 14.3 Å². The van der Waals surface area contributed by atoms with E-state index in [-0.39, 0.29) is 11.8 Å². The van der Waals surface area contributed by atoms with Gasteiger partial charge in [0.25, 0.3) is 5.91 Å². The van der Waals surface area contributed by atoms with Crippen molar-refractivity contribution in [1.29, 1.82) is 0 Å². The lowest BCUT2D eigenvalue weighted by Crippen LogP contribution is -2.51. The van der Waals surface area contributed by atoms with Gasteiger partial charge in [-0.05, 0) is 37.2 Å². The molecule has 2 aliphatic rings. The van der Waals surface area contributed by atoms with Crippen LogP contribution in [0, 0.1) is 5.41 Å². The number of rotatable bonds is 5. The molecule has 3 heterocycles. The molecule has 1 spiro atoms. The van der Waals surface area contributed by atoms with Crippen molar-refractivity contribution in [1.82, 2.24) is 19.4 Å². The van der Waals surface area contributed by atoms with Crippen LogP contribution in [-0.2, 0) is 16.0 Å². The molecule has 0 aliphatic carbocycles. The molecule has 0 aromatic carbocycles. The Morgan fingerprint density at radius 3 is 2.96 bits per heavy atom. The quantitative estimate of drug-likeness (QED) is 0.796. The predicted molar refractivity (Wildman–Crippen MR) is 89.9 cm³/mol. The van der Waals surface area contributed by atoms with Crippen LogP contribution in [0.2, 0.25) is 0 Å². The Labute approximate surface area is 146 Å². The molecule has 1 aromatic heterocycles. The second-order valence-corrected chi connectivity index (χ2v) is 7.30. The van der Waals surface area contributed by atoms with Crippen molar-refractivity contribution >= 4 is 23.3 Å². The molecule has 0 bridgehead atoms. The number of likely N-dealkylation sites (tertiary alicyclic amines) is 2. The first-order valence-corrected chi connectivity index (χ1v) is 9.27. The highest BCUT2D eigenvalue weighted by atomic mass is 32.1. The topological polar surface area (TPSA) is 75.6 Å². The number of methoxy groups -OCH3 is 1. The zero-order chi connectivity index (χ0) is 17.2. The molecule has 3 rings (SSSR count). The minimum Gasteiger partial charge on any atom is -0.383 e. The first-order chi connectivity index (χ1) is 11.6. The fourth-order valence-electron chi connectivity index (χ4n) is 3.74. The molecule has 2 fully saturated rings. The molecular formula is C16H24N4O3S. The zero-order valence-electron chi connectivity index (χ0n) is 14.3. The average Bonchev–Trinajstić information content (AvgIpc) is 3.23. The lowest BCUT2D eigenvalue weighted by atomic mass is 9.78. The molecule has 0 N–H and O–H groups in total. The molecule has 2 saturated heterocycles. The maximum absolute atomic E-state index is 12.9. The zero-order valence-corrected chi connectivity index (χ0v) is 15.1. The molecule has 7 nitrogen and oxygen atoms in total. The summed E-state index contributed by atoms with van der Waals surface area (Å²) < 4.78 is 9.01. The minimum absolute atomic E-state index is 0.0273. The van der Waals surface area contributed by atoms with Crippen LogP contribution in [0.3, 0.4) is 0 Å². The van der Waals surface area contributed by atoms with Gasteiger partial charge < -0.3 is 14.5 Å². The molecule has 2 amide bonds. The SMILES string of the molecule is CCc1nnsc1C(=O)N1CC[C@]2(CCCN(CCOC)C2=O)C1. The highest BCUT2D eigenvalue weighted by molar-refractivity contribution is 7.08. The Bertz CT molecular complexity index is 620. The Morgan fingerprint density at radius 1 is 1.38 bits per heavy atom. The van der Waals surface area contributed by atoms with Gasteiger partial charge in [-0.1, -0.05) is 11.4 Å². The summed E-state index contributed by atoms with van der Waals surface area (Å²) in [5.41, 5.74) is 0.342. The van der Waals surface area contributed by atoms with Gasteiger partial charge >= 0.3 is 0 Å². The van der Waals surface area contributed by atoms with E-state index in [1.807, 2.05) is 16.7 Å². The van der Waals surface area contributed by atoms with Gasteiger partial charge in [-0.2, -0.15) is 0 Å². The van der Waals surface area contributed by atoms with Crippen LogP contribution < -0.4 is 0 Å². The predicted octanol–water partition coefficient (Wildman–Crippen LogP) is 1.20. The second-order valence-electron chi connectivity index (χ2n) is 6.55. The van der Waals surface area contributed by atoms with Gasteiger partial charge in [-0.3, -0.25) is 9.59 Å². The van der Waals surface area contributed by atoms with E-state index in [1.54, 1.807) is 7.11 Å². The summed E-state index contributed by atoms with van der Waals surface area (Å²) in [6.07, 6.45) is 3.29. The monoisotopic (exact) mass is 352 g/mol. The van der Waals surface area contributed by atoms with Crippen molar-refractivity contribution in [3.63, 3.8) is 0 Å². The highest BCUT2D eigenvalue weighted by Crippen LogP contribution is 2.40. The van der Waals surface area contributed by atoms with E-state index < -0.39 is 5.41 Å². The second kappa shape index (κ2) is 7.14. The molecule has 1 aromatic rings. The average molecular weight is 352 g/mol. The summed E-state index contributed by atoms with van der Waals surface area (Å²) in [6, 6.07) is 0. The van der Waals surface area contributed by atoms with E-state index in [0.717, 1.165) is 43.0 Å². The van der Waals surface area contributed by atoms with Crippen LogP contribution in [0.25, 0.3) is 0 Å². The van der Waals surface area contributed by atoms with E-state index in [0.29, 0.717) is 37.5 Å². The standard InChI is InChI=1S/C16H24N4O3S/c1-3-12-13(24-18-17-12)14(21)20-8-6-16(11-20)5-4-7-19(15(16)22)9-10-23-2/h3-11H2,1-2H3/t16-/m1/s1. The Morgan fingerprint density at radius 2 is 2.21 bits per heavy atom. The molecule has 0 saturated carbocycles. The summed E-state index contributed by atoms with van der Waals surface area (Å²) >= 11 is 1.15. The Balaban J connectivity index is 1.71.